The molecule has 1 aromatic carbocycles. The van der Waals surface area contributed by atoms with Gasteiger partial charge < -0.3 is 5.73 Å². The van der Waals surface area contributed by atoms with Crippen LogP contribution in [-0.4, -0.2) is 6.54 Å². The zero-order valence-corrected chi connectivity index (χ0v) is 8.11. The van der Waals surface area contributed by atoms with Crippen LogP contribution in [-0.2, 0) is 0 Å². The van der Waals surface area contributed by atoms with Crippen molar-refractivity contribution < 1.29 is 0 Å². The first-order valence-electron chi connectivity index (χ1n) is 5.08. The maximum Gasteiger partial charge on any atom is -0.00459 e. The Kier molecular flexibility index (Phi) is 2.36. The van der Waals surface area contributed by atoms with Crippen molar-refractivity contribution in [3.63, 3.8) is 0 Å². The van der Waals surface area contributed by atoms with Crippen LogP contribution in [0.25, 0.3) is 0 Å². The van der Waals surface area contributed by atoms with Crippen molar-refractivity contribution in [1.82, 2.24) is 0 Å². The molecule has 0 bridgehead atoms. The Morgan fingerprint density at radius 3 is 2.62 bits per heavy atom. The van der Waals surface area contributed by atoms with Gasteiger partial charge in [-0.05, 0) is 36.3 Å². The maximum atomic E-state index is 5.64. The van der Waals surface area contributed by atoms with Crippen LogP contribution in [0.1, 0.15) is 24.8 Å². The molecule has 0 heterocycles. The molecule has 0 saturated heterocycles. The average Bonchev–Trinajstić information content (AvgIpc) is 2.97. The quantitative estimate of drug-likeness (QED) is 0.750. The minimum absolute atomic E-state index is 0.690. The average molecular weight is 175 g/mol. The summed E-state index contributed by atoms with van der Waals surface area (Å²) in [5.41, 5.74) is 7.10. The van der Waals surface area contributed by atoms with Gasteiger partial charge in [-0.25, -0.2) is 0 Å². The van der Waals surface area contributed by atoms with E-state index >= 15 is 0 Å². The number of nitrogens with two attached hydrogens (primary N) is 1. The van der Waals surface area contributed by atoms with Gasteiger partial charge in [-0.15, -0.1) is 0 Å². The highest BCUT2D eigenvalue weighted by Gasteiger charge is 2.39. The standard InChI is InChI=1S/C12H17N/c1-9(12-7-11(12)8-13)10-5-3-2-4-6-10/h2-6,9,11-12H,7-8,13H2,1H3/t9?,11-,12-/m0/s1. The first-order chi connectivity index (χ1) is 6.33. The van der Waals surface area contributed by atoms with E-state index in [1.807, 2.05) is 0 Å². The van der Waals surface area contributed by atoms with Crippen LogP contribution >= 0.6 is 0 Å². The van der Waals surface area contributed by atoms with E-state index in [9.17, 15) is 0 Å². The van der Waals surface area contributed by atoms with E-state index in [0.29, 0.717) is 5.92 Å². The summed E-state index contributed by atoms with van der Waals surface area (Å²) in [4.78, 5) is 0. The molecule has 0 aromatic heterocycles. The van der Waals surface area contributed by atoms with E-state index < -0.39 is 0 Å². The summed E-state index contributed by atoms with van der Waals surface area (Å²) in [6, 6.07) is 10.7. The first kappa shape index (κ1) is 8.76. The molecule has 1 saturated carbocycles. The Bertz CT molecular complexity index is 268. The normalized spacial score (nSPS) is 28.5. The second-order valence-corrected chi connectivity index (χ2v) is 4.09. The summed E-state index contributed by atoms with van der Waals surface area (Å²) < 4.78 is 0. The lowest BCUT2D eigenvalue weighted by Gasteiger charge is -2.10. The van der Waals surface area contributed by atoms with E-state index in [1.54, 1.807) is 0 Å². The molecule has 0 amide bonds. The molecule has 1 heteroatoms. The molecule has 1 aliphatic rings. The van der Waals surface area contributed by atoms with Gasteiger partial charge in [0.1, 0.15) is 0 Å². The minimum atomic E-state index is 0.690. The molecular formula is C12H17N. The maximum absolute atomic E-state index is 5.64. The topological polar surface area (TPSA) is 26.0 Å². The SMILES string of the molecule is CC(c1ccccc1)[C@@H]1C[C@H]1CN. The fourth-order valence-electron chi connectivity index (χ4n) is 2.16. The summed E-state index contributed by atoms with van der Waals surface area (Å²) in [6.45, 7) is 3.18. The molecule has 3 atom stereocenters. The number of benzene rings is 1. The van der Waals surface area contributed by atoms with E-state index in [4.69, 9.17) is 5.73 Å². The summed E-state index contributed by atoms with van der Waals surface area (Å²) in [5, 5.41) is 0. The number of hydrogen-bond acceptors (Lipinski definition) is 1. The second-order valence-electron chi connectivity index (χ2n) is 4.09. The van der Waals surface area contributed by atoms with Gasteiger partial charge >= 0.3 is 0 Å². The first-order valence-corrected chi connectivity index (χ1v) is 5.08. The lowest BCUT2D eigenvalue weighted by Crippen LogP contribution is -2.05. The van der Waals surface area contributed by atoms with Crippen LogP contribution in [0.4, 0.5) is 0 Å². The smallest absolute Gasteiger partial charge is 0.00459 e. The van der Waals surface area contributed by atoms with Crippen molar-refractivity contribution in [3.05, 3.63) is 35.9 Å². The molecule has 0 radical (unpaired) electrons. The van der Waals surface area contributed by atoms with Crippen molar-refractivity contribution in [2.75, 3.05) is 6.54 Å². The zero-order chi connectivity index (χ0) is 9.26. The van der Waals surface area contributed by atoms with Crippen LogP contribution in [0, 0.1) is 11.8 Å². The van der Waals surface area contributed by atoms with E-state index in [1.165, 1.54) is 12.0 Å². The van der Waals surface area contributed by atoms with Crippen molar-refractivity contribution >= 4 is 0 Å². The van der Waals surface area contributed by atoms with Gasteiger partial charge in [0.05, 0.1) is 0 Å². The van der Waals surface area contributed by atoms with Crippen LogP contribution in [0.2, 0.25) is 0 Å². The Hall–Kier alpha value is -0.820. The third-order valence-corrected chi connectivity index (χ3v) is 3.25. The van der Waals surface area contributed by atoms with Crippen molar-refractivity contribution in [2.45, 2.75) is 19.3 Å². The van der Waals surface area contributed by atoms with Crippen LogP contribution in [0.3, 0.4) is 0 Å². The third-order valence-electron chi connectivity index (χ3n) is 3.25. The van der Waals surface area contributed by atoms with Gasteiger partial charge in [0.25, 0.3) is 0 Å². The molecular weight excluding hydrogens is 158 g/mol. The van der Waals surface area contributed by atoms with E-state index in [0.717, 1.165) is 18.4 Å². The number of hydrogen-bond donors (Lipinski definition) is 1. The summed E-state index contributed by atoms with van der Waals surface area (Å²) >= 11 is 0. The van der Waals surface area contributed by atoms with Crippen molar-refractivity contribution in [3.8, 4) is 0 Å². The molecule has 1 aromatic rings. The molecule has 70 valence electrons. The fourth-order valence-corrected chi connectivity index (χ4v) is 2.16. The second kappa shape index (κ2) is 3.51. The zero-order valence-electron chi connectivity index (χ0n) is 8.11. The molecule has 1 unspecified atom stereocenters. The molecule has 1 fully saturated rings. The van der Waals surface area contributed by atoms with E-state index in [-0.39, 0.29) is 0 Å². The van der Waals surface area contributed by atoms with E-state index in [2.05, 4.69) is 37.3 Å². The van der Waals surface area contributed by atoms with Crippen LogP contribution < -0.4 is 5.73 Å². The molecule has 2 N–H and O–H groups in total. The van der Waals surface area contributed by atoms with Gasteiger partial charge in [-0.2, -0.15) is 0 Å². The summed E-state index contributed by atoms with van der Waals surface area (Å²) in [6.07, 6.45) is 1.33. The Balaban J connectivity index is 2.03. The fraction of sp³-hybridized carbons (Fsp3) is 0.500. The molecule has 1 nitrogen and oxygen atoms in total. The van der Waals surface area contributed by atoms with Crippen LogP contribution in [0.15, 0.2) is 30.3 Å². The molecule has 0 spiro atoms. The monoisotopic (exact) mass is 175 g/mol. The Morgan fingerprint density at radius 1 is 1.38 bits per heavy atom. The highest BCUT2D eigenvalue weighted by molar-refractivity contribution is 5.21. The molecule has 2 rings (SSSR count). The predicted octanol–water partition coefficient (Wildman–Crippen LogP) is 2.38. The predicted molar refractivity (Wildman–Crippen MR) is 55.5 cm³/mol. The van der Waals surface area contributed by atoms with Gasteiger partial charge in [-0.1, -0.05) is 37.3 Å². The van der Waals surface area contributed by atoms with Gasteiger partial charge in [0.2, 0.25) is 0 Å². The van der Waals surface area contributed by atoms with Gasteiger partial charge in [0.15, 0.2) is 0 Å². The highest BCUT2D eigenvalue weighted by Crippen LogP contribution is 2.47. The van der Waals surface area contributed by atoms with Gasteiger partial charge in [0, 0.05) is 0 Å². The molecule has 13 heavy (non-hydrogen) atoms. The highest BCUT2D eigenvalue weighted by atomic mass is 14.6. The third kappa shape index (κ3) is 1.75. The van der Waals surface area contributed by atoms with Gasteiger partial charge in [-0.3, -0.25) is 0 Å². The lowest BCUT2D eigenvalue weighted by atomic mass is 9.95. The minimum Gasteiger partial charge on any atom is -0.330 e. The molecule has 1 aliphatic carbocycles. The lowest BCUT2D eigenvalue weighted by molar-refractivity contribution is 0.601. The largest absolute Gasteiger partial charge is 0.330 e. The Labute approximate surface area is 80.0 Å². The summed E-state index contributed by atoms with van der Waals surface area (Å²) in [7, 11) is 0. The van der Waals surface area contributed by atoms with Crippen LogP contribution in [0.5, 0.6) is 0 Å². The molecule has 0 aliphatic heterocycles. The number of rotatable bonds is 3. The van der Waals surface area contributed by atoms with Crippen molar-refractivity contribution in [2.24, 2.45) is 17.6 Å². The summed E-state index contributed by atoms with van der Waals surface area (Å²) in [5.74, 6) is 2.32. The van der Waals surface area contributed by atoms with Crippen molar-refractivity contribution in [1.29, 1.82) is 0 Å². The Morgan fingerprint density at radius 2 is 2.08 bits per heavy atom.